The molecular weight excluding hydrogens is 360 g/mol. The highest BCUT2D eigenvalue weighted by atomic mass is 16.6. The summed E-state index contributed by atoms with van der Waals surface area (Å²) >= 11 is 0. The number of carbonyl (C=O) groups is 1. The van der Waals surface area contributed by atoms with Crippen LogP contribution in [0.15, 0.2) is 63.8 Å². The summed E-state index contributed by atoms with van der Waals surface area (Å²) in [5.74, 6) is -0.173. The van der Waals surface area contributed by atoms with E-state index in [0.717, 1.165) is 17.4 Å². The van der Waals surface area contributed by atoms with Gasteiger partial charge in [0.05, 0.1) is 11.0 Å². The van der Waals surface area contributed by atoms with Gasteiger partial charge in [-0.15, -0.1) is 0 Å². The standard InChI is InChI=1S/C21H18N2O5/c24-18-6-3-5-16(18)20(13-8-10-15(11-9-13)23(26)27)22-17-12-14-4-1-2-7-19(14)28-21(17)25/h1-2,4,7-12,16,20,22H,3,5-6H2. The zero-order valence-electron chi connectivity index (χ0n) is 15.0. The monoisotopic (exact) mass is 378 g/mol. The number of nitro groups is 1. The zero-order valence-corrected chi connectivity index (χ0v) is 15.0. The molecule has 0 bridgehead atoms. The minimum Gasteiger partial charge on any atom is -0.421 e. The zero-order chi connectivity index (χ0) is 19.7. The normalized spacial score (nSPS) is 17.6. The van der Waals surface area contributed by atoms with Crippen molar-refractivity contribution >= 4 is 28.1 Å². The molecule has 1 saturated carbocycles. The lowest BCUT2D eigenvalue weighted by molar-refractivity contribution is -0.384. The quantitative estimate of drug-likeness (QED) is 0.405. The molecule has 2 aromatic carbocycles. The molecule has 3 aromatic rings. The summed E-state index contributed by atoms with van der Waals surface area (Å²) < 4.78 is 5.38. The first kappa shape index (κ1) is 17.9. The van der Waals surface area contributed by atoms with Crippen molar-refractivity contribution in [2.24, 2.45) is 5.92 Å². The van der Waals surface area contributed by atoms with E-state index < -0.39 is 16.6 Å². The van der Waals surface area contributed by atoms with Gasteiger partial charge in [0.1, 0.15) is 17.1 Å². The van der Waals surface area contributed by atoms with Gasteiger partial charge in [-0.1, -0.05) is 30.3 Å². The third-order valence-corrected chi connectivity index (χ3v) is 5.17. The summed E-state index contributed by atoms with van der Waals surface area (Å²) in [5.41, 5.74) is 0.934. The molecular formula is C21H18N2O5. The van der Waals surface area contributed by atoms with Crippen LogP contribution in [-0.2, 0) is 4.79 Å². The number of anilines is 1. The summed E-state index contributed by atoms with van der Waals surface area (Å²) in [6.45, 7) is 0. The molecule has 2 atom stereocenters. The second-order valence-corrected chi connectivity index (χ2v) is 6.92. The predicted molar refractivity (Wildman–Crippen MR) is 104 cm³/mol. The number of Topliss-reactive ketones (excluding diaryl/α,β-unsaturated/α-hetero) is 1. The number of non-ortho nitro benzene ring substituents is 1. The van der Waals surface area contributed by atoms with E-state index in [0.29, 0.717) is 18.4 Å². The van der Waals surface area contributed by atoms with E-state index in [1.807, 2.05) is 12.1 Å². The van der Waals surface area contributed by atoms with Crippen molar-refractivity contribution in [3.63, 3.8) is 0 Å². The maximum atomic E-state index is 12.4. The van der Waals surface area contributed by atoms with Crippen LogP contribution >= 0.6 is 0 Å². The molecule has 7 nitrogen and oxygen atoms in total. The molecule has 1 aromatic heterocycles. The van der Waals surface area contributed by atoms with E-state index in [-0.39, 0.29) is 23.1 Å². The van der Waals surface area contributed by atoms with Gasteiger partial charge in [0.25, 0.3) is 5.69 Å². The second-order valence-electron chi connectivity index (χ2n) is 6.92. The van der Waals surface area contributed by atoms with Crippen LogP contribution < -0.4 is 10.9 Å². The Morgan fingerprint density at radius 2 is 1.86 bits per heavy atom. The van der Waals surface area contributed by atoms with Gasteiger partial charge in [-0.3, -0.25) is 14.9 Å². The molecule has 1 N–H and O–H groups in total. The van der Waals surface area contributed by atoms with Gasteiger partial charge in [0.15, 0.2) is 0 Å². The number of fused-ring (bicyclic) bond motifs is 1. The lowest BCUT2D eigenvalue weighted by Gasteiger charge is -2.25. The Bertz CT molecular complexity index is 1100. The first-order valence-corrected chi connectivity index (χ1v) is 9.09. The number of hydrogen-bond acceptors (Lipinski definition) is 6. The van der Waals surface area contributed by atoms with Crippen LogP contribution in [0.1, 0.15) is 30.9 Å². The molecule has 0 radical (unpaired) electrons. The molecule has 1 aliphatic carbocycles. The molecule has 142 valence electrons. The Kier molecular flexibility index (Phi) is 4.65. The van der Waals surface area contributed by atoms with Crippen LogP contribution in [0.2, 0.25) is 0 Å². The van der Waals surface area contributed by atoms with Crippen LogP contribution in [0, 0.1) is 16.0 Å². The third-order valence-electron chi connectivity index (χ3n) is 5.17. The topological polar surface area (TPSA) is 102 Å². The SMILES string of the molecule is O=C1CCCC1C(Nc1cc2ccccc2oc1=O)c1ccc([N+](=O)[O-])cc1. The molecule has 0 saturated heterocycles. The fraction of sp³-hybridized carbons (Fsp3) is 0.238. The van der Waals surface area contributed by atoms with Crippen molar-refractivity contribution in [2.75, 3.05) is 5.32 Å². The molecule has 1 aliphatic rings. The van der Waals surface area contributed by atoms with E-state index in [4.69, 9.17) is 4.42 Å². The fourth-order valence-electron chi connectivity index (χ4n) is 3.74. The molecule has 0 aliphatic heterocycles. The molecule has 1 heterocycles. The predicted octanol–water partition coefficient (Wildman–Crippen LogP) is 4.22. The first-order valence-electron chi connectivity index (χ1n) is 9.09. The highest BCUT2D eigenvalue weighted by Crippen LogP contribution is 2.36. The van der Waals surface area contributed by atoms with Crippen LogP contribution in [0.25, 0.3) is 11.0 Å². The van der Waals surface area contributed by atoms with E-state index in [2.05, 4.69) is 5.32 Å². The molecule has 28 heavy (non-hydrogen) atoms. The van der Waals surface area contributed by atoms with Gasteiger partial charge in [-0.2, -0.15) is 0 Å². The van der Waals surface area contributed by atoms with Gasteiger partial charge in [0, 0.05) is 29.9 Å². The number of benzene rings is 2. The van der Waals surface area contributed by atoms with Crippen molar-refractivity contribution in [1.82, 2.24) is 0 Å². The van der Waals surface area contributed by atoms with E-state index in [9.17, 15) is 19.7 Å². The van der Waals surface area contributed by atoms with Gasteiger partial charge < -0.3 is 9.73 Å². The van der Waals surface area contributed by atoms with Crippen molar-refractivity contribution < 1.29 is 14.1 Å². The summed E-state index contributed by atoms with van der Waals surface area (Å²) in [7, 11) is 0. The van der Waals surface area contributed by atoms with Crippen LogP contribution in [-0.4, -0.2) is 10.7 Å². The number of nitro benzene ring substituents is 1. The Hall–Kier alpha value is -3.48. The van der Waals surface area contributed by atoms with E-state index >= 15 is 0 Å². The molecule has 1 fully saturated rings. The fourth-order valence-corrected chi connectivity index (χ4v) is 3.74. The average molecular weight is 378 g/mol. The number of rotatable bonds is 5. The van der Waals surface area contributed by atoms with Crippen LogP contribution in [0.4, 0.5) is 11.4 Å². The summed E-state index contributed by atoms with van der Waals surface area (Å²) in [4.78, 5) is 35.3. The number of ketones is 1. The van der Waals surface area contributed by atoms with E-state index in [1.54, 1.807) is 30.3 Å². The van der Waals surface area contributed by atoms with Crippen LogP contribution in [0.5, 0.6) is 0 Å². The Morgan fingerprint density at radius 1 is 1.11 bits per heavy atom. The summed E-state index contributed by atoms with van der Waals surface area (Å²) in [6, 6.07) is 14.5. The lowest BCUT2D eigenvalue weighted by Crippen LogP contribution is -2.26. The van der Waals surface area contributed by atoms with Gasteiger partial charge in [0.2, 0.25) is 0 Å². The highest BCUT2D eigenvalue weighted by Gasteiger charge is 2.34. The first-order chi connectivity index (χ1) is 13.5. The van der Waals surface area contributed by atoms with Crippen molar-refractivity contribution in [2.45, 2.75) is 25.3 Å². The maximum Gasteiger partial charge on any atom is 0.359 e. The number of nitrogens with one attached hydrogen (secondary N) is 1. The molecule has 0 amide bonds. The van der Waals surface area contributed by atoms with Gasteiger partial charge in [-0.05, 0) is 30.5 Å². The van der Waals surface area contributed by atoms with Crippen LogP contribution in [0.3, 0.4) is 0 Å². The Labute approximate surface area is 160 Å². The second kappa shape index (κ2) is 7.26. The lowest BCUT2D eigenvalue weighted by atomic mass is 9.90. The average Bonchev–Trinajstić information content (AvgIpc) is 3.12. The molecule has 0 spiro atoms. The minimum atomic E-state index is -0.518. The van der Waals surface area contributed by atoms with Gasteiger partial charge in [-0.25, -0.2) is 4.79 Å². The number of para-hydroxylation sites is 1. The maximum absolute atomic E-state index is 12.4. The highest BCUT2D eigenvalue weighted by molar-refractivity contribution is 5.84. The van der Waals surface area contributed by atoms with Crippen molar-refractivity contribution in [1.29, 1.82) is 0 Å². The van der Waals surface area contributed by atoms with E-state index in [1.165, 1.54) is 12.1 Å². The number of nitrogens with zero attached hydrogens (tertiary/aromatic N) is 1. The Morgan fingerprint density at radius 3 is 2.54 bits per heavy atom. The van der Waals surface area contributed by atoms with Gasteiger partial charge >= 0.3 is 5.63 Å². The summed E-state index contributed by atoms with van der Waals surface area (Å²) in [5, 5.41) is 14.9. The smallest absolute Gasteiger partial charge is 0.359 e. The number of carbonyl (C=O) groups excluding carboxylic acids is 1. The van der Waals surface area contributed by atoms with Crippen molar-refractivity contribution in [3.8, 4) is 0 Å². The molecule has 4 rings (SSSR count). The third kappa shape index (κ3) is 3.38. The number of hydrogen-bond donors (Lipinski definition) is 1. The minimum absolute atomic E-state index is 0.0227. The molecule has 2 unspecified atom stereocenters. The Balaban J connectivity index is 1.74. The van der Waals surface area contributed by atoms with Crippen molar-refractivity contribution in [3.05, 3.63) is 80.7 Å². The molecule has 7 heteroatoms. The largest absolute Gasteiger partial charge is 0.421 e. The summed E-state index contributed by atoms with van der Waals surface area (Å²) in [6.07, 6.45) is 2.00.